The molecule has 4 nitrogen and oxygen atoms in total. The molecule has 0 bridgehead atoms. The van der Waals surface area contributed by atoms with E-state index in [-0.39, 0.29) is 5.41 Å². The van der Waals surface area contributed by atoms with Crippen molar-refractivity contribution in [3.05, 3.63) is 34.9 Å². The number of benzene rings is 1. The Kier molecular flexibility index (Phi) is 6.31. The van der Waals surface area contributed by atoms with Crippen LogP contribution in [0.3, 0.4) is 0 Å². The smallest absolute Gasteiger partial charge is 0.191 e. The molecule has 1 saturated carbocycles. The Balaban J connectivity index is 1.82. The molecule has 0 unspecified atom stereocenters. The number of halogens is 1. The monoisotopic (exact) mass is 336 g/mol. The Morgan fingerprint density at radius 2 is 2.09 bits per heavy atom. The van der Waals surface area contributed by atoms with E-state index in [2.05, 4.69) is 53.6 Å². The van der Waals surface area contributed by atoms with Crippen molar-refractivity contribution < 1.29 is 0 Å². The SMILES string of the molecule is CN=C(NCCN(C)C(C)C)NCC1(c2cccc(Cl)c2)CC1. The van der Waals surface area contributed by atoms with E-state index in [1.54, 1.807) is 0 Å². The van der Waals surface area contributed by atoms with Crippen LogP contribution < -0.4 is 10.6 Å². The van der Waals surface area contributed by atoms with Crippen molar-refractivity contribution in [2.75, 3.05) is 33.7 Å². The van der Waals surface area contributed by atoms with Crippen LogP contribution in [0, 0.1) is 0 Å². The van der Waals surface area contributed by atoms with E-state index in [0.717, 1.165) is 30.6 Å². The molecular formula is C18H29ClN4. The zero-order valence-electron chi connectivity index (χ0n) is 14.7. The normalized spacial score (nSPS) is 16.7. The first-order chi connectivity index (χ1) is 11.0. The Bertz CT molecular complexity index is 538. The van der Waals surface area contributed by atoms with E-state index < -0.39 is 0 Å². The van der Waals surface area contributed by atoms with Crippen LogP contribution in [0.2, 0.25) is 5.02 Å². The molecule has 0 amide bonds. The number of nitrogens with zero attached hydrogens (tertiary/aromatic N) is 2. The van der Waals surface area contributed by atoms with Crippen molar-refractivity contribution >= 4 is 17.6 Å². The van der Waals surface area contributed by atoms with Gasteiger partial charge in [-0.15, -0.1) is 0 Å². The lowest BCUT2D eigenvalue weighted by atomic mass is 9.96. The van der Waals surface area contributed by atoms with E-state index in [4.69, 9.17) is 11.6 Å². The van der Waals surface area contributed by atoms with E-state index >= 15 is 0 Å². The molecule has 1 aliphatic carbocycles. The fourth-order valence-corrected chi connectivity index (χ4v) is 2.81. The molecule has 0 atom stereocenters. The summed E-state index contributed by atoms with van der Waals surface area (Å²) in [7, 11) is 3.96. The van der Waals surface area contributed by atoms with E-state index in [1.165, 1.54) is 18.4 Å². The van der Waals surface area contributed by atoms with Crippen LogP contribution in [0.5, 0.6) is 0 Å². The van der Waals surface area contributed by atoms with Gasteiger partial charge in [-0.1, -0.05) is 23.7 Å². The van der Waals surface area contributed by atoms with E-state index in [1.807, 2.05) is 19.2 Å². The summed E-state index contributed by atoms with van der Waals surface area (Å²) >= 11 is 6.13. The van der Waals surface area contributed by atoms with Gasteiger partial charge in [0.1, 0.15) is 0 Å². The summed E-state index contributed by atoms with van der Waals surface area (Å²) in [5.41, 5.74) is 1.55. The summed E-state index contributed by atoms with van der Waals surface area (Å²) in [5, 5.41) is 7.67. The van der Waals surface area contributed by atoms with E-state index in [0.29, 0.717) is 6.04 Å². The number of nitrogens with one attached hydrogen (secondary N) is 2. The molecule has 1 fully saturated rings. The summed E-state index contributed by atoms with van der Waals surface area (Å²) in [4.78, 5) is 6.64. The fourth-order valence-electron chi connectivity index (χ4n) is 2.62. The quantitative estimate of drug-likeness (QED) is 0.594. The topological polar surface area (TPSA) is 39.7 Å². The highest BCUT2D eigenvalue weighted by Gasteiger charge is 2.44. The van der Waals surface area contributed by atoms with Gasteiger partial charge in [0, 0.05) is 43.2 Å². The van der Waals surface area contributed by atoms with Crippen molar-refractivity contribution in [3.63, 3.8) is 0 Å². The predicted molar refractivity (Wildman–Crippen MR) is 99.5 cm³/mol. The molecule has 0 saturated heterocycles. The Labute approximate surface area is 145 Å². The molecule has 0 heterocycles. The van der Waals surface area contributed by atoms with Crippen LogP contribution in [-0.4, -0.2) is 50.6 Å². The first kappa shape index (κ1) is 18.1. The Hall–Kier alpha value is -1.26. The third-order valence-electron chi connectivity index (χ3n) is 4.75. The standard InChI is InChI=1S/C18H29ClN4/c1-14(2)23(4)11-10-21-17(20-3)22-13-18(8-9-18)15-6-5-7-16(19)12-15/h5-7,12,14H,8-11,13H2,1-4H3,(H2,20,21,22). The third kappa shape index (κ3) is 5.11. The Morgan fingerprint density at radius 3 is 2.65 bits per heavy atom. The second-order valence-electron chi connectivity index (χ2n) is 6.72. The molecular weight excluding hydrogens is 308 g/mol. The highest BCUT2D eigenvalue weighted by molar-refractivity contribution is 6.30. The molecule has 0 spiro atoms. The number of rotatable bonds is 7. The molecule has 128 valence electrons. The van der Waals surface area contributed by atoms with Gasteiger partial charge < -0.3 is 15.5 Å². The van der Waals surface area contributed by atoms with Crippen LogP contribution in [0.25, 0.3) is 0 Å². The first-order valence-corrected chi connectivity index (χ1v) is 8.75. The van der Waals surface area contributed by atoms with Gasteiger partial charge in [-0.25, -0.2) is 0 Å². The number of aliphatic imine (C=N–C) groups is 1. The molecule has 1 aromatic rings. The van der Waals surface area contributed by atoms with Crippen molar-refractivity contribution in [3.8, 4) is 0 Å². The lowest BCUT2D eigenvalue weighted by Crippen LogP contribution is -2.44. The second-order valence-corrected chi connectivity index (χ2v) is 7.15. The number of hydrogen-bond acceptors (Lipinski definition) is 2. The van der Waals surface area contributed by atoms with Crippen LogP contribution in [0.1, 0.15) is 32.3 Å². The molecule has 1 aliphatic rings. The average molecular weight is 337 g/mol. The number of hydrogen-bond donors (Lipinski definition) is 2. The zero-order valence-corrected chi connectivity index (χ0v) is 15.5. The summed E-state index contributed by atoms with van der Waals surface area (Å²) < 4.78 is 0. The maximum Gasteiger partial charge on any atom is 0.191 e. The van der Waals surface area contributed by atoms with Crippen molar-refractivity contribution in [2.24, 2.45) is 4.99 Å². The Morgan fingerprint density at radius 1 is 1.35 bits per heavy atom. The van der Waals surface area contributed by atoms with Gasteiger partial charge >= 0.3 is 0 Å². The second kappa shape index (κ2) is 8.02. The average Bonchev–Trinajstić information content (AvgIpc) is 3.31. The van der Waals surface area contributed by atoms with Crippen LogP contribution >= 0.6 is 11.6 Å². The zero-order chi connectivity index (χ0) is 16.9. The largest absolute Gasteiger partial charge is 0.356 e. The molecule has 23 heavy (non-hydrogen) atoms. The number of likely N-dealkylation sites (N-methyl/N-ethyl adjacent to an activating group) is 1. The summed E-state index contributed by atoms with van der Waals surface area (Å²) in [5.74, 6) is 0.871. The summed E-state index contributed by atoms with van der Waals surface area (Å²) in [6.07, 6.45) is 2.40. The number of guanidine groups is 1. The van der Waals surface area contributed by atoms with Crippen LogP contribution in [0.4, 0.5) is 0 Å². The highest BCUT2D eigenvalue weighted by Crippen LogP contribution is 2.48. The predicted octanol–water partition coefficient (Wildman–Crippen LogP) is 2.88. The first-order valence-electron chi connectivity index (χ1n) is 8.38. The van der Waals surface area contributed by atoms with Gasteiger partial charge in [-0.3, -0.25) is 4.99 Å². The minimum absolute atomic E-state index is 0.219. The lowest BCUT2D eigenvalue weighted by Gasteiger charge is -2.23. The maximum absolute atomic E-state index is 6.13. The molecule has 0 radical (unpaired) electrons. The lowest BCUT2D eigenvalue weighted by molar-refractivity contribution is 0.278. The van der Waals surface area contributed by atoms with Gasteiger partial charge in [0.05, 0.1) is 0 Å². The molecule has 0 aliphatic heterocycles. The van der Waals surface area contributed by atoms with E-state index in [9.17, 15) is 0 Å². The van der Waals surface area contributed by atoms with Crippen molar-refractivity contribution in [1.29, 1.82) is 0 Å². The van der Waals surface area contributed by atoms with Crippen molar-refractivity contribution in [2.45, 2.75) is 38.1 Å². The third-order valence-corrected chi connectivity index (χ3v) is 4.98. The van der Waals surface area contributed by atoms with Gasteiger partial charge in [0.15, 0.2) is 5.96 Å². The molecule has 2 rings (SSSR count). The molecule has 2 N–H and O–H groups in total. The highest BCUT2D eigenvalue weighted by atomic mass is 35.5. The van der Waals surface area contributed by atoms with Crippen LogP contribution in [0.15, 0.2) is 29.3 Å². The summed E-state index contributed by atoms with van der Waals surface area (Å²) in [6, 6.07) is 8.79. The fraction of sp³-hybridized carbons (Fsp3) is 0.611. The molecule has 1 aromatic carbocycles. The van der Waals surface area contributed by atoms with Crippen molar-refractivity contribution in [1.82, 2.24) is 15.5 Å². The summed E-state index contributed by atoms with van der Waals surface area (Å²) in [6.45, 7) is 7.19. The minimum Gasteiger partial charge on any atom is -0.356 e. The van der Waals surface area contributed by atoms with Gasteiger partial charge in [-0.05, 0) is 51.4 Å². The van der Waals surface area contributed by atoms with Gasteiger partial charge in [0.2, 0.25) is 0 Å². The minimum atomic E-state index is 0.219. The van der Waals surface area contributed by atoms with Gasteiger partial charge in [-0.2, -0.15) is 0 Å². The van der Waals surface area contributed by atoms with Crippen LogP contribution in [-0.2, 0) is 5.41 Å². The van der Waals surface area contributed by atoms with Gasteiger partial charge in [0.25, 0.3) is 0 Å². The molecule has 5 heteroatoms. The maximum atomic E-state index is 6.13. The molecule has 0 aromatic heterocycles.